The van der Waals surface area contributed by atoms with Gasteiger partial charge >= 0.3 is 6.09 Å². The molecule has 0 heterocycles. The van der Waals surface area contributed by atoms with Crippen molar-refractivity contribution in [2.75, 3.05) is 32.9 Å². The lowest BCUT2D eigenvalue weighted by Crippen LogP contribution is -2.47. The van der Waals surface area contributed by atoms with Crippen molar-refractivity contribution in [2.45, 2.75) is 57.4 Å². The topological polar surface area (TPSA) is 59.6 Å². The van der Waals surface area contributed by atoms with Gasteiger partial charge in [0, 0.05) is 18.6 Å². The third-order valence-electron chi connectivity index (χ3n) is 5.96. The minimum absolute atomic E-state index is 0.335. The lowest BCUT2D eigenvalue weighted by Gasteiger charge is -2.34. The highest BCUT2D eigenvalue weighted by atomic mass is 16.5. The van der Waals surface area contributed by atoms with Gasteiger partial charge in [0.05, 0.1) is 19.8 Å². The van der Waals surface area contributed by atoms with Crippen molar-refractivity contribution in [1.29, 1.82) is 0 Å². The van der Waals surface area contributed by atoms with Crippen LogP contribution in [-0.4, -0.2) is 44.5 Å². The van der Waals surface area contributed by atoms with E-state index in [0.717, 1.165) is 43.7 Å². The molecule has 4 fully saturated rings. The van der Waals surface area contributed by atoms with Crippen LogP contribution in [0.1, 0.15) is 51.9 Å². The van der Waals surface area contributed by atoms with E-state index in [9.17, 15) is 4.79 Å². The summed E-state index contributed by atoms with van der Waals surface area (Å²) < 4.78 is 10.6. The minimum Gasteiger partial charge on any atom is -0.450 e. The molecule has 4 aliphatic carbocycles. The van der Waals surface area contributed by atoms with Crippen molar-refractivity contribution in [3.63, 3.8) is 0 Å². The summed E-state index contributed by atoms with van der Waals surface area (Å²) in [5.41, 5.74) is 0.443. The maximum Gasteiger partial charge on any atom is 0.407 e. The number of carbonyl (C=O) groups excluding carboxylic acids is 1. The van der Waals surface area contributed by atoms with Gasteiger partial charge < -0.3 is 20.1 Å². The zero-order valence-electron chi connectivity index (χ0n) is 14.4. The van der Waals surface area contributed by atoms with Crippen LogP contribution >= 0.6 is 0 Å². The zero-order valence-corrected chi connectivity index (χ0v) is 14.4. The summed E-state index contributed by atoms with van der Waals surface area (Å²) in [5, 5.41) is 6.53. The first-order valence-corrected chi connectivity index (χ1v) is 9.45. The Morgan fingerprint density at radius 3 is 2.57 bits per heavy atom. The van der Waals surface area contributed by atoms with Crippen LogP contribution in [0.5, 0.6) is 0 Å². The molecule has 2 N–H and O–H groups in total. The Bertz CT molecular complexity index is 388. The van der Waals surface area contributed by atoms with Crippen LogP contribution in [0.25, 0.3) is 0 Å². The molecule has 23 heavy (non-hydrogen) atoms. The van der Waals surface area contributed by atoms with Gasteiger partial charge in [-0.15, -0.1) is 0 Å². The normalized spacial score (nSPS) is 34.0. The fourth-order valence-corrected chi connectivity index (χ4v) is 5.14. The molecule has 0 aliphatic heterocycles. The molecule has 2 unspecified atom stereocenters. The van der Waals surface area contributed by atoms with E-state index in [4.69, 9.17) is 9.47 Å². The van der Waals surface area contributed by atoms with E-state index in [2.05, 4.69) is 17.6 Å². The number of ether oxygens (including phenoxy) is 2. The van der Waals surface area contributed by atoms with E-state index in [1.807, 2.05) is 0 Å². The van der Waals surface area contributed by atoms with E-state index in [-0.39, 0.29) is 6.09 Å². The molecule has 0 saturated heterocycles. The van der Waals surface area contributed by atoms with Gasteiger partial charge in [-0.05, 0) is 56.3 Å². The Morgan fingerprint density at radius 1 is 1.09 bits per heavy atom. The van der Waals surface area contributed by atoms with Crippen LogP contribution in [0.4, 0.5) is 4.79 Å². The summed E-state index contributed by atoms with van der Waals surface area (Å²) >= 11 is 0. The molecule has 0 aromatic rings. The van der Waals surface area contributed by atoms with Gasteiger partial charge in [-0.1, -0.05) is 13.3 Å². The number of carbonyl (C=O) groups is 1. The monoisotopic (exact) mass is 324 g/mol. The number of nitrogens with one attached hydrogen (secondary N) is 2. The van der Waals surface area contributed by atoms with Gasteiger partial charge in [0.2, 0.25) is 0 Å². The largest absolute Gasteiger partial charge is 0.450 e. The Labute approximate surface area is 139 Å². The van der Waals surface area contributed by atoms with Gasteiger partial charge in [0.1, 0.15) is 0 Å². The van der Waals surface area contributed by atoms with Crippen molar-refractivity contribution < 1.29 is 14.3 Å². The van der Waals surface area contributed by atoms with E-state index in [1.165, 1.54) is 32.1 Å². The lowest BCUT2D eigenvalue weighted by atomic mass is 9.80. The van der Waals surface area contributed by atoms with Crippen molar-refractivity contribution >= 4 is 6.09 Å². The van der Waals surface area contributed by atoms with Crippen LogP contribution in [-0.2, 0) is 9.47 Å². The van der Waals surface area contributed by atoms with E-state index in [1.54, 1.807) is 0 Å². The summed E-state index contributed by atoms with van der Waals surface area (Å²) in [7, 11) is 0. The van der Waals surface area contributed by atoms with Gasteiger partial charge in [-0.2, -0.15) is 0 Å². The molecular formula is C18H32N2O3. The number of unbranched alkanes of at least 4 members (excludes halogenated alkanes) is 1. The van der Waals surface area contributed by atoms with Crippen molar-refractivity contribution in [2.24, 2.45) is 17.8 Å². The molecule has 5 nitrogen and oxygen atoms in total. The van der Waals surface area contributed by atoms with Crippen LogP contribution in [0.2, 0.25) is 0 Å². The Kier molecular flexibility index (Phi) is 5.81. The summed E-state index contributed by atoms with van der Waals surface area (Å²) in [6, 6.07) is 0. The molecule has 0 aromatic heterocycles. The molecule has 0 aromatic carbocycles. The van der Waals surface area contributed by atoms with Crippen molar-refractivity contribution in [3.05, 3.63) is 0 Å². The number of amides is 1. The predicted octanol–water partition coefficient (Wildman–Crippen LogP) is 2.70. The van der Waals surface area contributed by atoms with Crippen molar-refractivity contribution in [3.8, 4) is 0 Å². The minimum atomic E-state index is -0.335. The van der Waals surface area contributed by atoms with Crippen LogP contribution in [0, 0.1) is 17.8 Å². The van der Waals surface area contributed by atoms with Gasteiger partial charge in [-0.3, -0.25) is 0 Å². The first kappa shape index (κ1) is 17.0. The number of hydrogen-bond donors (Lipinski definition) is 2. The maximum absolute atomic E-state index is 11.3. The number of alkyl carbamates (subject to hydrolysis) is 1. The summed E-state index contributed by atoms with van der Waals surface area (Å²) in [6.07, 6.45) is 8.78. The smallest absolute Gasteiger partial charge is 0.407 e. The quantitative estimate of drug-likeness (QED) is 0.607. The first-order chi connectivity index (χ1) is 11.2. The summed E-state index contributed by atoms with van der Waals surface area (Å²) in [4.78, 5) is 11.3. The van der Waals surface area contributed by atoms with Crippen LogP contribution < -0.4 is 10.6 Å². The second kappa shape index (κ2) is 7.84. The van der Waals surface area contributed by atoms with Gasteiger partial charge in [-0.25, -0.2) is 4.79 Å². The molecule has 0 spiro atoms. The fraction of sp³-hybridized carbons (Fsp3) is 0.944. The third-order valence-corrected chi connectivity index (χ3v) is 5.96. The molecular weight excluding hydrogens is 292 g/mol. The van der Waals surface area contributed by atoms with Crippen molar-refractivity contribution in [1.82, 2.24) is 10.6 Å². The average Bonchev–Trinajstić information content (AvgIpc) is 2.91. The van der Waals surface area contributed by atoms with Crippen LogP contribution in [0.3, 0.4) is 0 Å². The highest BCUT2D eigenvalue weighted by Gasteiger charge is 2.57. The first-order valence-electron chi connectivity index (χ1n) is 9.45. The standard InChI is InChI=1S/C18H32N2O3/c1-2-3-6-23-17(21)19-4-7-22-8-5-20-18-12-14-9-15(13-18)11-16(18)10-14/h14-16,20H,2-13H2,1H3,(H,19,21). The molecule has 4 aliphatic rings. The molecule has 132 valence electrons. The van der Waals surface area contributed by atoms with Gasteiger partial charge in [0.15, 0.2) is 0 Å². The molecule has 1 amide bonds. The second-order valence-corrected chi connectivity index (χ2v) is 7.66. The predicted molar refractivity (Wildman–Crippen MR) is 89.4 cm³/mol. The molecule has 4 bridgehead atoms. The SMILES string of the molecule is CCCCOC(=O)NCCOCCNC12CC3CC(CC1C3)C2. The Balaban J connectivity index is 1.20. The van der Waals surface area contributed by atoms with E-state index < -0.39 is 0 Å². The maximum atomic E-state index is 11.3. The molecule has 4 rings (SSSR count). The molecule has 5 heteroatoms. The van der Waals surface area contributed by atoms with Gasteiger partial charge in [0.25, 0.3) is 0 Å². The lowest BCUT2D eigenvalue weighted by molar-refractivity contribution is 0.115. The molecule has 4 saturated carbocycles. The summed E-state index contributed by atoms with van der Waals surface area (Å²) in [6.45, 7) is 5.28. The molecule has 2 atom stereocenters. The summed E-state index contributed by atoms with van der Waals surface area (Å²) in [5.74, 6) is 2.90. The average molecular weight is 324 g/mol. The fourth-order valence-electron chi connectivity index (χ4n) is 5.14. The van der Waals surface area contributed by atoms with E-state index in [0.29, 0.717) is 25.3 Å². The third kappa shape index (κ3) is 4.18. The highest BCUT2D eigenvalue weighted by Crippen LogP contribution is 2.60. The highest BCUT2D eigenvalue weighted by molar-refractivity contribution is 5.66. The second-order valence-electron chi connectivity index (χ2n) is 7.66. The zero-order chi connectivity index (χ0) is 16.1. The van der Waals surface area contributed by atoms with E-state index >= 15 is 0 Å². The molecule has 0 radical (unpaired) electrons. The number of hydrogen-bond acceptors (Lipinski definition) is 4. The Morgan fingerprint density at radius 2 is 1.83 bits per heavy atom. The van der Waals surface area contributed by atoms with Crippen LogP contribution in [0.15, 0.2) is 0 Å². The number of rotatable bonds is 10. The Hall–Kier alpha value is -0.810.